The molecule has 1 aromatic rings. The molecule has 2 heterocycles. The summed E-state index contributed by atoms with van der Waals surface area (Å²) in [5, 5.41) is 7.57. The van der Waals surface area contributed by atoms with Crippen molar-refractivity contribution in [2.75, 3.05) is 44.7 Å². The lowest BCUT2D eigenvalue weighted by Crippen LogP contribution is -2.39. The molecule has 0 bridgehead atoms. The summed E-state index contributed by atoms with van der Waals surface area (Å²) in [5.74, 6) is 0.353. The number of halogens is 1. The molecule has 1 N–H and O–H groups in total. The number of ether oxygens (including phenoxy) is 1. The normalized spacial score (nSPS) is 16.4. The second kappa shape index (κ2) is 7.77. The minimum absolute atomic E-state index is 0.215. The number of morpholine rings is 1. The summed E-state index contributed by atoms with van der Waals surface area (Å²) in [6.45, 7) is 9.75. The van der Waals surface area contributed by atoms with Gasteiger partial charge in [0.15, 0.2) is 0 Å². The lowest BCUT2D eigenvalue weighted by molar-refractivity contribution is 0.0398. The van der Waals surface area contributed by atoms with Crippen molar-refractivity contribution in [2.45, 2.75) is 20.4 Å². The highest BCUT2D eigenvalue weighted by Gasteiger charge is 2.12. The number of rotatable bonds is 6. The summed E-state index contributed by atoms with van der Waals surface area (Å²) in [6.07, 6.45) is 1.63. The van der Waals surface area contributed by atoms with Crippen molar-refractivity contribution >= 4 is 17.3 Å². The molecule has 1 saturated heterocycles. The van der Waals surface area contributed by atoms with Crippen LogP contribution in [0.2, 0.25) is 5.02 Å². The maximum absolute atomic E-state index is 12.1. The third-order valence-corrected chi connectivity index (χ3v) is 3.74. The van der Waals surface area contributed by atoms with Gasteiger partial charge < -0.3 is 10.1 Å². The van der Waals surface area contributed by atoms with Gasteiger partial charge in [0, 0.05) is 32.7 Å². The van der Waals surface area contributed by atoms with Gasteiger partial charge in [0.1, 0.15) is 5.02 Å². The third-order valence-electron chi connectivity index (χ3n) is 3.37. The number of anilines is 1. The molecule has 0 aliphatic carbocycles. The zero-order valence-corrected chi connectivity index (χ0v) is 13.4. The second-order valence-electron chi connectivity index (χ2n) is 5.63. The van der Waals surface area contributed by atoms with E-state index in [4.69, 9.17) is 16.3 Å². The van der Waals surface area contributed by atoms with Crippen LogP contribution in [0.3, 0.4) is 0 Å². The molecule has 0 radical (unpaired) electrons. The Balaban J connectivity index is 1.91. The molecule has 1 aromatic heterocycles. The molecule has 0 unspecified atom stereocenters. The van der Waals surface area contributed by atoms with Gasteiger partial charge in [-0.15, -0.1) is 0 Å². The fourth-order valence-corrected chi connectivity index (χ4v) is 2.45. The fraction of sp³-hybridized carbons (Fsp3) is 0.714. The Morgan fingerprint density at radius 2 is 2.14 bits per heavy atom. The number of nitrogens with zero attached hydrogens (tertiary/aromatic N) is 3. The number of hydrogen-bond acceptors (Lipinski definition) is 5. The Kier molecular flexibility index (Phi) is 6.02. The molecule has 7 heteroatoms. The zero-order chi connectivity index (χ0) is 15.2. The molecule has 0 spiro atoms. The SMILES string of the molecule is CC(C)Cn1ncc(NCCN2CCOCC2)c(Cl)c1=O. The van der Waals surface area contributed by atoms with Crippen LogP contribution in [0.1, 0.15) is 13.8 Å². The minimum atomic E-state index is -0.235. The molecule has 0 amide bonds. The van der Waals surface area contributed by atoms with E-state index in [1.54, 1.807) is 6.20 Å². The van der Waals surface area contributed by atoms with Crippen LogP contribution in [0.5, 0.6) is 0 Å². The summed E-state index contributed by atoms with van der Waals surface area (Å²) in [5.41, 5.74) is 0.372. The van der Waals surface area contributed by atoms with Gasteiger partial charge in [-0.3, -0.25) is 9.69 Å². The van der Waals surface area contributed by atoms with Crippen molar-refractivity contribution in [2.24, 2.45) is 5.92 Å². The molecular weight excluding hydrogens is 292 g/mol. The third kappa shape index (κ3) is 4.69. The Morgan fingerprint density at radius 3 is 2.81 bits per heavy atom. The molecule has 21 heavy (non-hydrogen) atoms. The lowest BCUT2D eigenvalue weighted by atomic mass is 10.2. The van der Waals surface area contributed by atoms with Crippen molar-refractivity contribution in [1.29, 1.82) is 0 Å². The Bertz CT molecular complexity index is 512. The maximum atomic E-state index is 12.1. The van der Waals surface area contributed by atoms with E-state index < -0.39 is 0 Å². The standard InChI is InChI=1S/C14H23ClN4O2/c1-11(2)10-19-14(20)13(15)12(9-17-19)16-3-4-18-5-7-21-8-6-18/h9,11,16H,3-8,10H2,1-2H3. The first-order chi connectivity index (χ1) is 10.1. The number of nitrogens with one attached hydrogen (secondary N) is 1. The summed E-state index contributed by atoms with van der Waals surface area (Å²) >= 11 is 6.13. The van der Waals surface area contributed by atoms with Crippen LogP contribution in [-0.4, -0.2) is 54.1 Å². The minimum Gasteiger partial charge on any atom is -0.381 e. The van der Waals surface area contributed by atoms with Gasteiger partial charge in [-0.05, 0) is 5.92 Å². The van der Waals surface area contributed by atoms with Gasteiger partial charge in [0.05, 0.1) is 25.1 Å². The highest BCUT2D eigenvalue weighted by molar-refractivity contribution is 6.32. The van der Waals surface area contributed by atoms with Gasteiger partial charge in [0.2, 0.25) is 0 Å². The smallest absolute Gasteiger partial charge is 0.287 e. The van der Waals surface area contributed by atoms with Crippen molar-refractivity contribution in [3.63, 3.8) is 0 Å². The molecule has 1 fully saturated rings. The molecule has 118 valence electrons. The van der Waals surface area contributed by atoms with Crippen molar-refractivity contribution in [3.05, 3.63) is 21.6 Å². The van der Waals surface area contributed by atoms with Gasteiger partial charge >= 0.3 is 0 Å². The van der Waals surface area contributed by atoms with Crippen LogP contribution >= 0.6 is 11.6 Å². The maximum Gasteiger partial charge on any atom is 0.287 e. The van der Waals surface area contributed by atoms with Crippen LogP contribution in [0.15, 0.2) is 11.0 Å². The van der Waals surface area contributed by atoms with Crippen molar-refractivity contribution in [3.8, 4) is 0 Å². The second-order valence-corrected chi connectivity index (χ2v) is 6.01. The van der Waals surface area contributed by atoms with Crippen LogP contribution in [0.4, 0.5) is 5.69 Å². The fourth-order valence-electron chi connectivity index (χ4n) is 2.24. The predicted octanol–water partition coefficient (Wildman–Crippen LogP) is 1.30. The number of hydrogen-bond donors (Lipinski definition) is 1. The molecule has 1 aliphatic heterocycles. The zero-order valence-electron chi connectivity index (χ0n) is 12.6. The highest BCUT2D eigenvalue weighted by atomic mass is 35.5. The van der Waals surface area contributed by atoms with E-state index in [1.165, 1.54) is 4.68 Å². The monoisotopic (exact) mass is 314 g/mol. The van der Waals surface area contributed by atoms with Gasteiger partial charge in [0.25, 0.3) is 5.56 Å². The summed E-state index contributed by atoms with van der Waals surface area (Å²) in [7, 11) is 0. The van der Waals surface area contributed by atoms with E-state index in [9.17, 15) is 4.79 Å². The van der Waals surface area contributed by atoms with Crippen LogP contribution in [0, 0.1) is 5.92 Å². The first-order valence-electron chi connectivity index (χ1n) is 7.37. The quantitative estimate of drug-likeness (QED) is 0.857. The molecular formula is C14H23ClN4O2. The summed E-state index contributed by atoms with van der Waals surface area (Å²) < 4.78 is 6.72. The summed E-state index contributed by atoms with van der Waals surface area (Å²) in [6, 6.07) is 0. The topological polar surface area (TPSA) is 59.4 Å². The highest BCUT2D eigenvalue weighted by Crippen LogP contribution is 2.15. The van der Waals surface area contributed by atoms with E-state index in [-0.39, 0.29) is 10.6 Å². The number of aromatic nitrogens is 2. The molecule has 6 nitrogen and oxygen atoms in total. The lowest BCUT2D eigenvalue weighted by Gasteiger charge is -2.26. The average molecular weight is 315 g/mol. The van der Waals surface area contributed by atoms with Gasteiger partial charge in [-0.25, -0.2) is 4.68 Å². The largest absolute Gasteiger partial charge is 0.381 e. The molecule has 0 aromatic carbocycles. The first-order valence-corrected chi connectivity index (χ1v) is 7.75. The van der Waals surface area contributed by atoms with Gasteiger partial charge in [-0.1, -0.05) is 25.4 Å². The Labute approximate surface area is 130 Å². The van der Waals surface area contributed by atoms with Crippen LogP contribution < -0.4 is 10.9 Å². The molecule has 0 atom stereocenters. The summed E-state index contributed by atoms with van der Waals surface area (Å²) in [4.78, 5) is 14.4. The molecule has 1 aliphatic rings. The van der Waals surface area contributed by atoms with E-state index in [2.05, 4.69) is 15.3 Å². The van der Waals surface area contributed by atoms with Gasteiger partial charge in [-0.2, -0.15) is 5.10 Å². The van der Waals surface area contributed by atoms with E-state index in [0.717, 1.165) is 39.4 Å². The van der Waals surface area contributed by atoms with E-state index in [0.29, 0.717) is 18.2 Å². The van der Waals surface area contributed by atoms with Crippen LogP contribution in [0.25, 0.3) is 0 Å². The average Bonchev–Trinajstić information content (AvgIpc) is 2.47. The first kappa shape index (κ1) is 16.3. The van der Waals surface area contributed by atoms with E-state index >= 15 is 0 Å². The molecule has 0 saturated carbocycles. The van der Waals surface area contributed by atoms with E-state index in [1.807, 2.05) is 13.8 Å². The van der Waals surface area contributed by atoms with Crippen LogP contribution in [-0.2, 0) is 11.3 Å². The van der Waals surface area contributed by atoms with Crippen molar-refractivity contribution < 1.29 is 4.74 Å². The Morgan fingerprint density at radius 1 is 1.43 bits per heavy atom. The van der Waals surface area contributed by atoms with Crippen molar-refractivity contribution in [1.82, 2.24) is 14.7 Å². The molecule has 2 rings (SSSR count). The Hall–Kier alpha value is -1.11. The predicted molar refractivity (Wildman–Crippen MR) is 84.1 cm³/mol.